The van der Waals surface area contributed by atoms with E-state index in [4.69, 9.17) is 5.84 Å². The molecule has 0 fully saturated rings. The fraction of sp³-hybridized carbons (Fsp3) is 0.417. The van der Waals surface area contributed by atoms with Crippen molar-refractivity contribution >= 4 is 6.03 Å². The van der Waals surface area contributed by atoms with Crippen LogP contribution in [0.2, 0.25) is 0 Å². The second-order valence-electron chi connectivity index (χ2n) is 3.87. The van der Waals surface area contributed by atoms with Crippen LogP contribution in [-0.2, 0) is 13.0 Å². The van der Waals surface area contributed by atoms with Gasteiger partial charge >= 0.3 is 6.03 Å². The SMILES string of the molecule is CCCc1ccc(CN(C)C(=O)NN)cc1. The quantitative estimate of drug-likeness (QED) is 0.461. The summed E-state index contributed by atoms with van der Waals surface area (Å²) in [5.74, 6) is 5.05. The van der Waals surface area contributed by atoms with Crippen LogP contribution in [-0.4, -0.2) is 18.0 Å². The third-order valence-corrected chi connectivity index (χ3v) is 2.45. The number of rotatable bonds is 4. The van der Waals surface area contributed by atoms with Gasteiger partial charge in [-0.1, -0.05) is 37.6 Å². The third-order valence-electron chi connectivity index (χ3n) is 2.45. The molecule has 88 valence electrons. The molecule has 0 atom stereocenters. The fourth-order valence-electron chi connectivity index (χ4n) is 1.56. The number of urea groups is 1. The topological polar surface area (TPSA) is 58.4 Å². The van der Waals surface area contributed by atoms with Crippen molar-refractivity contribution in [3.8, 4) is 0 Å². The lowest BCUT2D eigenvalue weighted by Gasteiger charge is -2.16. The van der Waals surface area contributed by atoms with E-state index in [9.17, 15) is 4.79 Å². The van der Waals surface area contributed by atoms with Gasteiger partial charge in [-0.2, -0.15) is 0 Å². The Morgan fingerprint density at radius 2 is 1.88 bits per heavy atom. The maximum atomic E-state index is 11.2. The van der Waals surface area contributed by atoms with Crippen LogP contribution in [0.15, 0.2) is 24.3 Å². The van der Waals surface area contributed by atoms with Gasteiger partial charge in [-0.3, -0.25) is 5.43 Å². The second kappa shape index (κ2) is 6.12. The number of hydrogen-bond donors (Lipinski definition) is 2. The highest BCUT2D eigenvalue weighted by Crippen LogP contribution is 2.08. The molecule has 0 aliphatic carbocycles. The molecule has 0 unspecified atom stereocenters. The summed E-state index contributed by atoms with van der Waals surface area (Å²) >= 11 is 0. The maximum absolute atomic E-state index is 11.2. The maximum Gasteiger partial charge on any atom is 0.331 e. The van der Waals surface area contributed by atoms with Crippen molar-refractivity contribution < 1.29 is 4.79 Å². The van der Waals surface area contributed by atoms with Crippen LogP contribution in [0.1, 0.15) is 24.5 Å². The van der Waals surface area contributed by atoms with E-state index in [0.717, 1.165) is 18.4 Å². The summed E-state index contributed by atoms with van der Waals surface area (Å²) in [6.45, 7) is 2.72. The van der Waals surface area contributed by atoms with Crippen LogP contribution in [0.3, 0.4) is 0 Å². The molecule has 4 nitrogen and oxygen atoms in total. The Hall–Kier alpha value is -1.55. The van der Waals surface area contributed by atoms with Gasteiger partial charge in [0, 0.05) is 13.6 Å². The molecular weight excluding hydrogens is 202 g/mol. The van der Waals surface area contributed by atoms with Crippen LogP contribution in [0, 0.1) is 0 Å². The van der Waals surface area contributed by atoms with E-state index in [0.29, 0.717) is 6.54 Å². The van der Waals surface area contributed by atoms with E-state index < -0.39 is 0 Å². The summed E-state index contributed by atoms with van der Waals surface area (Å²) in [7, 11) is 1.71. The molecule has 4 heteroatoms. The van der Waals surface area contributed by atoms with Gasteiger partial charge in [0.2, 0.25) is 0 Å². The molecule has 0 saturated heterocycles. The van der Waals surface area contributed by atoms with Gasteiger partial charge in [0.15, 0.2) is 0 Å². The lowest BCUT2D eigenvalue weighted by molar-refractivity contribution is 0.207. The third kappa shape index (κ3) is 3.55. The first-order valence-corrected chi connectivity index (χ1v) is 5.47. The van der Waals surface area contributed by atoms with Gasteiger partial charge in [-0.25, -0.2) is 10.6 Å². The van der Waals surface area contributed by atoms with E-state index in [-0.39, 0.29) is 6.03 Å². The molecule has 0 spiro atoms. The predicted octanol–water partition coefficient (Wildman–Crippen LogP) is 1.65. The molecule has 3 N–H and O–H groups in total. The Balaban J connectivity index is 2.58. The summed E-state index contributed by atoms with van der Waals surface area (Å²) in [5, 5.41) is 0. The number of carbonyl (C=O) groups excluding carboxylic acids is 1. The predicted molar refractivity (Wildman–Crippen MR) is 64.6 cm³/mol. The number of aryl methyl sites for hydroxylation is 1. The van der Waals surface area contributed by atoms with Crippen LogP contribution < -0.4 is 11.3 Å². The summed E-state index contributed by atoms with van der Waals surface area (Å²) in [6.07, 6.45) is 2.24. The normalized spacial score (nSPS) is 9.94. The van der Waals surface area contributed by atoms with Crippen molar-refractivity contribution in [2.24, 2.45) is 5.84 Å². The largest absolute Gasteiger partial charge is 0.331 e. The zero-order valence-electron chi connectivity index (χ0n) is 9.86. The van der Waals surface area contributed by atoms with Gasteiger partial charge in [-0.15, -0.1) is 0 Å². The minimum absolute atomic E-state index is 0.280. The molecule has 2 amide bonds. The molecule has 0 bridgehead atoms. The lowest BCUT2D eigenvalue weighted by atomic mass is 10.1. The Labute approximate surface area is 96.4 Å². The van der Waals surface area contributed by atoms with Gasteiger partial charge < -0.3 is 4.90 Å². The molecule has 1 aromatic rings. The molecule has 0 radical (unpaired) electrons. The highest BCUT2D eigenvalue weighted by molar-refractivity contribution is 5.73. The Morgan fingerprint density at radius 3 is 2.38 bits per heavy atom. The van der Waals surface area contributed by atoms with Gasteiger partial charge in [0.25, 0.3) is 0 Å². The average Bonchev–Trinajstić information content (AvgIpc) is 2.31. The number of benzene rings is 1. The molecule has 1 rings (SSSR count). The summed E-state index contributed by atoms with van der Waals surface area (Å²) in [5.41, 5.74) is 4.54. The highest BCUT2D eigenvalue weighted by Gasteiger charge is 2.06. The standard InChI is InChI=1S/C12H19N3O/c1-3-4-10-5-7-11(8-6-10)9-15(2)12(16)14-13/h5-8H,3-4,9,13H2,1-2H3,(H,14,16). The van der Waals surface area contributed by atoms with Crippen molar-refractivity contribution in [2.45, 2.75) is 26.3 Å². The van der Waals surface area contributed by atoms with Crippen molar-refractivity contribution in [3.63, 3.8) is 0 Å². The first-order chi connectivity index (χ1) is 7.67. The summed E-state index contributed by atoms with van der Waals surface area (Å²) in [6, 6.07) is 8.02. The number of hydrogen-bond acceptors (Lipinski definition) is 2. The Kier molecular flexibility index (Phi) is 4.79. The smallest absolute Gasteiger partial charge is 0.322 e. The fourth-order valence-corrected chi connectivity index (χ4v) is 1.56. The van der Waals surface area contributed by atoms with Crippen LogP contribution in [0.25, 0.3) is 0 Å². The number of nitrogens with zero attached hydrogens (tertiary/aromatic N) is 1. The van der Waals surface area contributed by atoms with E-state index in [1.807, 2.05) is 12.1 Å². The molecule has 16 heavy (non-hydrogen) atoms. The molecule has 0 aliphatic heterocycles. The van der Waals surface area contributed by atoms with Gasteiger partial charge in [-0.05, 0) is 17.5 Å². The van der Waals surface area contributed by atoms with Crippen LogP contribution >= 0.6 is 0 Å². The minimum atomic E-state index is -0.280. The van der Waals surface area contributed by atoms with Gasteiger partial charge in [0.1, 0.15) is 0 Å². The average molecular weight is 221 g/mol. The van der Waals surface area contributed by atoms with Gasteiger partial charge in [0.05, 0.1) is 0 Å². The highest BCUT2D eigenvalue weighted by atomic mass is 16.2. The van der Waals surface area contributed by atoms with Crippen LogP contribution in [0.4, 0.5) is 4.79 Å². The monoisotopic (exact) mass is 221 g/mol. The number of hydrazine groups is 1. The number of amides is 2. The van der Waals surface area contributed by atoms with E-state index in [2.05, 4.69) is 24.5 Å². The number of carbonyl (C=O) groups is 1. The van der Waals surface area contributed by atoms with Crippen LogP contribution in [0.5, 0.6) is 0 Å². The van der Waals surface area contributed by atoms with E-state index in [1.165, 1.54) is 10.5 Å². The van der Waals surface area contributed by atoms with Crippen molar-refractivity contribution in [2.75, 3.05) is 7.05 Å². The zero-order valence-corrected chi connectivity index (χ0v) is 9.86. The summed E-state index contributed by atoms with van der Waals surface area (Å²) in [4.78, 5) is 12.7. The number of nitrogens with one attached hydrogen (secondary N) is 1. The Bertz CT molecular complexity index is 335. The molecule has 0 aliphatic rings. The van der Waals surface area contributed by atoms with Crippen molar-refractivity contribution in [1.82, 2.24) is 10.3 Å². The van der Waals surface area contributed by atoms with Crippen molar-refractivity contribution in [1.29, 1.82) is 0 Å². The summed E-state index contributed by atoms with van der Waals surface area (Å²) < 4.78 is 0. The minimum Gasteiger partial charge on any atom is -0.322 e. The Morgan fingerprint density at radius 1 is 1.31 bits per heavy atom. The lowest BCUT2D eigenvalue weighted by Crippen LogP contribution is -2.40. The molecular formula is C12H19N3O. The first kappa shape index (κ1) is 12.5. The zero-order chi connectivity index (χ0) is 12.0. The molecule has 0 aromatic heterocycles. The number of nitrogens with two attached hydrogens (primary N) is 1. The van der Waals surface area contributed by atoms with E-state index in [1.54, 1.807) is 7.05 Å². The molecule has 0 saturated carbocycles. The second-order valence-corrected chi connectivity index (χ2v) is 3.87. The first-order valence-electron chi connectivity index (χ1n) is 5.47. The van der Waals surface area contributed by atoms with E-state index >= 15 is 0 Å². The van der Waals surface area contributed by atoms with Crippen molar-refractivity contribution in [3.05, 3.63) is 35.4 Å². The molecule has 0 heterocycles. The molecule has 1 aromatic carbocycles.